The third-order valence-electron chi connectivity index (χ3n) is 3.98. The van der Waals surface area contributed by atoms with Crippen molar-refractivity contribution in [1.29, 1.82) is 0 Å². The van der Waals surface area contributed by atoms with Gasteiger partial charge in [0.15, 0.2) is 0 Å². The van der Waals surface area contributed by atoms with Gasteiger partial charge in [-0.15, -0.1) is 0 Å². The minimum atomic E-state index is -0.396. The molecule has 0 bridgehead atoms. The van der Waals surface area contributed by atoms with Gasteiger partial charge in [0.1, 0.15) is 12.3 Å². The fourth-order valence-corrected chi connectivity index (χ4v) is 2.65. The van der Waals surface area contributed by atoms with E-state index in [1.54, 1.807) is 62.6 Å². The first kappa shape index (κ1) is 22.2. The molecule has 0 saturated carbocycles. The average Bonchev–Trinajstić information content (AvgIpc) is 2.72. The van der Waals surface area contributed by atoms with Gasteiger partial charge in [0.05, 0.1) is 20.1 Å². The molecule has 2 aromatic rings. The smallest absolute Gasteiger partial charge is 0.307 e. The molecule has 2 rings (SSSR count). The molecule has 0 fully saturated rings. The van der Waals surface area contributed by atoms with E-state index < -0.39 is 11.9 Å². The zero-order valence-electron chi connectivity index (χ0n) is 16.3. The van der Waals surface area contributed by atoms with Crippen LogP contribution >= 0.6 is 11.6 Å². The van der Waals surface area contributed by atoms with E-state index in [2.05, 4.69) is 5.32 Å². The number of carbonyl (C=O) groups is 3. The van der Waals surface area contributed by atoms with Crippen molar-refractivity contribution in [2.24, 2.45) is 0 Å². The van der Waals surface area contributed by atoms with Crippen molar-refractivity contribution in [3.63, 3.8) is 0 Å². The molecule has 29 heavy (non-hydrogen) atoms. The number of nitrogens with zero attached hydrogens (tertiary/aromatic N) is 1. The Balaban J connectivity index is 2.13. The third kappa shape index (κ3) is 6.80. The first-order valence-corrected chi connectivity index (χ1v) is 9.46. The van der Waals surface area contributed by atoms with Crippen molar-refractivity contribution in [3.8, 4) is 5.75 Å². The fraction of sp³-hybridized carbons (Fsp3) is 0.286. The van der Waals surface area contributed by atoms with Gasteiger partial charge in [-0.05, 0) is 55.5 Å². The van der Waals surface area contributed by atoms with Crippen LogP contribution in [0, 0.1) is 0 Å². The molecule has 0 aromatic heterocycles. The molecule has 0 unspecified atom stereocenters. The van der Waals surface area contributed by atoms with E-state index in [-0.39, 0.29) is 32.0 Å². The second-order valence-electron chi connectivity index (χ2n) is 6.00. The summed E-state index contributed by atoms with van der Waals surface area (Å²) in [5.74, 6) is -0.511. The lowest BCUT2D eigenvalue weighted by atomic mass is 10.1. The maximum Gasteiger partial charge on any atom is 0.307 e. The van der Waals surface area contributed by atoms with Crippen molar-refractivity contribution < 1.29 is 23.9 Å². The zero-order chi connectivity index (χ0) is 21.2. The minimum absolute atomic E-state index is 0.0627. The van der Waals surface area contributed by atoms with Crippen LogP contribution in [0.3, 0.4) is 0 Å². The average molecular weight is 419 g/mol. The van der Waals surface area contributed by atoms with Gasteiger partial charge in [-0.3, -0.25) is 19.3 Å². The summed E-state index contributed by atoms with van der Waals surface area (Å²) in [5, 5.41) is 3.14. The Hall–Kier alpha value is -3.06. The van der Waals surface area contributed by atoms with Crippen LogP contribution in [-0.2, 0) is 14.3 Å². The van der Waals surface area contributed by atoms with E-state index in [1.165, 1.54) is 4.90 Å². The molecular weight excluding hydrogens is 396 g/mol. The number of nitrogens with one attached hydrogen (secondary N) is 1. The number of benzene rings is 2. The first-order chi connectivity index (χ1) is 13.9. The SMILES string of the molecule is CCOC(=O)CCNC(=O)CN(C(=O)c1ccc(Cl)cc1)c1ccc(OC)cc1. The Morgan fingerprint density at radius 3 is 2.28 bits per heavy atom. The number of carbonyl (C=O) groups excluding carboxylic acids is 3. The summed E-state index contributed by atoms with van der Waals surface area (Å²) in [5.41, 5.74) is 0.927. The topological polar surface area (TPSA) is 84.9 Å². The number of methoxy groups -OCH3 is 1. The predicted octanol–water partition coefficient (Wildman–Crippen LogP) is 3.06. The summed E-state index contributed by atoms with van der Waals surface area (Å²) in [6, 6.07) is 13.2. The Bertz CT molecular complexity index is 837. The summed E-state index contributed by atoms with van der Waals surface area (Å²) in [6.07, 6.45) is 0.0627. The largest absolute Gasteiger partial charge is 0.497 e. The van der Waals surface area contributed by atoms with Crippen LogP contribution in [0.2, 0.25) is 5.02 Å². The molecule has 0 aliphatic carbocycles. The molecule has 0 atom stereocenters. The molecule has 0 aliphatic heterocycles. The fourth-order valence-electron chi connectivity index (χ4n) is 2.53. The molecule has 0 radical (unpaired) electrons. The summed E-state index contributed by atoms with van der Waals surface area (Å²) in [4.78, 5) is 38.1. The Kier molecular flexibility index (Phi) is 8.48. The Morgan fingerprint density at radius 2 is 1.69 bits per heavy atom. The quantitative estimate of drug-likeness (QED) is 0.632. The van der Waals surface area contributed by atoms with Crippen molar-refractivity contribution in [1.82, 2.24) is 5.32 Å². The van der Waals surface area contributed by atoms with E-state index in [9.17, 15) is 14.4 Å². The highest BCUT2D eigenvalue weighted by atomic mass is 35.5. The highest BCUT2D eigenvalue weighted by Gasteiger charge is 2.21. The van der Waals surface area contributed by atoms with Crippen LogP contribution in [0.5, 0.6) is 5.75 Å². The highest BCUT2D eigenvalue weighted by molar-refractivity contribution is 6.30. The summed E-state index contributed by atoms with van der Waals surface area (Å²) < 4.78 is 9.97. The highest BCUT2D eigenvalue weighted by Crippen LogP contribution is 2.21. The number of anilines is 1. The van der Waals surface area contributed by atoms with Crippen LogP contribution in [0.1, 0.15) is 23.7 Å². The van der Waals surface area contributed by atoms with Gasteiger partial charge in [0.2, 0.25) is 5.91 Å². The molecule has 0 saturated heterocycles. The molecule has 1 N–H and O–H groups in total. The van der Waals surface area contributed by atoms with Crippen molar-refractivity contribution >= 4 is 35.1 Å². The van der Waals surface area contributed by atoms with Gasteiger partial charge in [-0.1, -0.05) is 11.6 Å². The second kappa shape index (κ2) is 11.1. The van der Waals surface area contributed by atoms with Gasteiger partial charge in [-0.25, -0.2) is 0 Å². The monoisotopic (exact) mass is 418 g/mol. The molecule has 8 heteroatoms. The normalized spacial score (nSPS) is 10.2. The maximum absolute atomic E-state index is 13.0. The van der Waals surface area contributed by atoms with E-state index in [0.717, 1.165) is 0 Å². The predicted molar refractivity (Wildman–Crippen MR) is 110 cm³/mol. The van der Waals surface area contributed by atoms with E-state index in [1.807, 2.05) is 0 Å². The molecule has 2 amide bonds. The van der Waals surface area contributed by atoms with Gasteiger partial charge in [-0.2, -0.15) is 0 Å². The molecule has 0 spiro atoms. The van der Waals surface area contributed by atoms with Gasteiger partial charge < -0.3 is 14.8 Å². The van der Waals surface area contributed by atoms with Gasteiger partial charge in [0.25, 0.3) is 5.91 Å². The van der Waals surface area contributed by atoms with Crippen LogP contribution in [-0.4, -0.2) is 44.6 Å². The first-order valence-electron chi connectivity index (χ1n) is 9.08. The molecule has 154 valence electrons. The summed E-state index contributed by atoms with van der Waals surface area (Å²) in [7, 11) is 1.54. The lowest BCUT2D eigenvalue weighted by Crippen LogP contribution is -2.41. The molecule has 7 nitrogen and oxygen atoms in total. The van der Waals surface area contributed by atoms with Crippen molar-refractivity contribution in [2.45, 2.75) is 13.3 Å². The molecule has 0 heterocycles. The minimum Gasteiger partial charge on any atom is -0.497 e. The maximum atomic E-state index is 13.0. The second-order valence-corrected chi connectivity index (χ2v) is 6.44. The number of hydrogen-bond acceptors (Lipinski definition) is 5. The lowest BCUT2D eigenvalue weighted by Gasteiger charge is -2.23. The van der Waals surface area contributed by atoms with Crippen molar-refractivity contribution in [2.75, 3.05) is 31.7 Å². The molecular formula is C21H23ClN2O5. The molecule has 0 aliphatic rings. The van der Waals surface area contributed by atoms with Crippen LogP contribution < -0.4 is 15.0 Å². The van der Waals surface area contributed by atoms with E-state index in [0.29, 0.717) is 22.0 Å². The van der Waals surface area contributed by atoms with Gasteiger partial charge in [0, 0.05) is 22.8 Å². The standard InChI is InChI=1S/C21H23ClN2O5/c1-3-29-20(26)12-13-23-19(25)14-24(17-8-10-18(28-2)11-9-17)21(27)15-4-6-16(22)7-5-15/h4-11H,3,12-14H2,1-2H3,(H,23,25). The van der Waals surface area contributed by atoms with Crippen LogP contribution in [0.4, 0.5) is 5.69 Å². The number of amides is 2. The summed E-state index contributed by atoms with van der Waals surface area (Å²) in [6.45, 7) is 1.92. The number of ether oxygens (including phenoxy) is 2. The van der Waals surface area contributed by atoms with Crippen molar-refractivity contribution in [3.05, 3.63) is 59.1 Å². The van der Waals surface area contributed by atoms with E-state index >= 15 is 0 Å². The Morgan fingerprint density at radius 1 is 1.03 bits per heavy atom. The number of rotatable bonds is 9. The Labute approximate surface area is 174 Å². The zero-order valence-corrected chi connectivity index (χ0v) is 17.1. The lowest BCUT2D eigenvalue weighted by molar-refractivity contribution is -0.143. The van der Waals surface area contributed by atoms with Crippen LogP contribution in [0.25, 0.3) is 0 Å². The number of esters is 1. The van der Waals surface area contributed by atoms with E-state index in [4.69, 9.17) is 21.1 Å². The molecule has 2 aromatic carbocycles. The summed E-state index contributed by atoms with van der Waals surface area (Å²) >= 11 is 5.90. The number of halogens is 1. The van der Waals surface area contributed by atoms with Gasteiger partial charge >= 0.3 is 5.97 Å². The number of hydrogen-bond donors (Lipinski definition) is 1. The third-order valence-corrected chi connectivity index (χ3v) is 4.23. The van der Waals surface area contributed by atoms with Crippen LogP contribution in [0.15, 0.2) is 48.5 Å².